The number of thiazole rings is 1. The van der Waals surface area contributed by atoms with Crippen LogP contribution in [0.5, 0.6) is 0 Å². The Labute approximate surface area is 345 Å². The Bertz CT molecular complexity index is 3140. The van der Waals surface area contributed by atoms with Gasteiger partial charge in [0.25, 0.3) is 0 Å². The molecule has 3 heterocycles. The molecule has 0 saturated carbocycles. The third kappa shape index (κ3) is 6.42. The van der Waals surface area contributed by atoms with E-state index in [1.165, 1.54) is 0 Å². The molecule has 5 nitrogen and oxygen atoms in total. The number of fused-ring (bicyclic) bond motifs is 4. The highest BCUT2D eigenvalue weighted by atomic mass is 32.1. The van der Waals surface area contributed by atoms with Crippen molar-refractivity contribution in [2.75, 3.05) is 4.90 Å². The van der Waals surface area contributed by atoms with Crippen LogP contribution in [-0.2, 0) is 0 Å². The average Bonchev–Trinajstić information content (AvgIpc) is 3.88. The van der Waals surface area contributed by atoms with Gasteiger partial charge in [0, 0.05) is 44.5 Å². The van der Waals surface area contributed by atoms with Crippen LogP contribution in [-0.4, -0.2) is 19.5 Å². The van der Waals surface area contributed by atoms with E-state index in [4.69, 9.17) is 15.0 Å². The van der Waals surface area contributed by atoms with Crippen LogP contribution in [0.15, 0.2) is 212 Å². The summed E-state index contributed by atoms with van der Waals surface area (Å²) in [7, 11) is 0. The molecule has 0 aliphatic heterocycles. The van der Waals surface area contributed by atoms with Gasteiger partial charge in [-0.3, -0.25) is 4.57 Å². The topological polar surface area (TPSA) is 46.8 Å². The lowest BCUT2D eigenvalue weighted by Gasteiger charge is -2.25. The van der Waals surface area contributed by atoms with Crippen molar-refractivity contribution in [3.05, 3.63) is 212 Å². The number of aromatic nitrogens is 4. The number of benzene rings is 8. The van der Waals surface area contributed by atoms with Gasteiger partial charge >= 0.3 is 0 Å². The Morgan fingerprint density at radius 1 is 0.373 bits per heavy atom. The summed E-state index contributed by atoms with van der Waals surface area (Å²) in [5, 5.41) is 3.26. The molecular weight excluding hydrogens is 739 g/mol. The zero-order valence-corrected chi connectivity index (χ0v) is 32.7. The third-order valence-corrected chi connectivity index (χ3v) is 11.9. The normalized spacial score (nSPS) is 11.4. The van der Waals surface area contributed by atoms with E-state index in [9.17, 15) is 0 Å². The predicted octanol–water partition coefficient (Wildman–Crippen LogP) is 14.3. The van der Waals surface area contributed by atoms with Crippen molar-refractivity contribution in [3.63, 3.8) is 0 Å². The van der Waals surface area contributed by atoms with E-state index in [0.717, 1.165) is 93.3 Å². The minimum atomic E-state index is 0.613. The molecule has 3 aromatic heterocycles. The molecule has 8 aromatic carbocycles. The summed E-state index contributed by atoms with van der Waals surface area (Å²) in [4.78, 5) is 18.0. The molecule has 0 spiro atoms. The van der Waals surface area contributed by atoms with E-state index in [1.54, 1.807) is 11.3 Å². The second-order valence-corrected chi connectivity index (χ2v) is 15.5. The van der Waals surface area contributed by atoms with Gasteiger partial charge in [-0.15, -0.1) is 11.3 Å². The molecule has 11 aromatic rings. The van der Waals surface area contributed by atoms with E-state index in [0.29, 0.717) is 5.95 Å². The van der Waals surface area contributed by atoms with Crippen molar-refractivity contribution in [1.29, 1.82) is 0 Å². The van der Waals surface area contributed by atoms with Crippen molar-refractivity contribution in [3.8, 4) is 50.2 Å². The minimum absolute atomic E-state index is 0.613. The maximum absolute atomic E-state index is 5.29. The zero-order chi connectivity index (χ0) is 39.1. The van der Waals surface area contributed by atoms with E-state index in [1.807, 2.05) is 18.2 Å². The van der Waals surface area contributed by atoms with Gasteiger partial charge in [-0.25, -0.2) is 15.0 Å². The average molecular weight is 774 g/mol. The molecule has 278 valence electrons. The Morgan fingerprint density at radius 2 is 0.864 bits per heavy atom. The fraction of sp³-hybridized carbons (Fsp3) is 0. The highest BCUT2D eigenvalue weighted by Crippen LogP contribution is 2.41. The Kier molecular flexibility index (Phi) is 8.60. The first-order valence-corrected chi connectivity index (χ1v) is 20.5. The molecule has 59 heavy (non-hydrogen) atoms. The standard InChI is InChI=1S/C53H35N5S/c1-6-16-37(17-7-1)46-34-47(38-18-8-2-9-19-38)56-53(55-46)58-49-31-28-40(32-44(49)45-33-51-48(35-50(45)58)54-52(59-51)39-20-10-3-11-21-39)36-26-29-43(30-27-36)57(41-22-12-4-13-23-41)42-24-14-5-15-25-42/h1-35H. The van der Waals surface area contributed by atoms with Crippen LogP contribution in [0.1, 0.15) is 0 Å². The second-order valence-electron chi connectivity index (χ2n) is 14.5. The first kappa shape index (κ1) is 34.6. The highest BCUT2D eigenvalue weighted by molar-refractivity contribution is 7.21. The number of rotatable bonds is 8. The van der Waals surface area contributed by atoms with Gasteiger partial charge in [-0.05, 0) is 77.9 Å². The molecule has 0 saturated heterocycles. The summed E-state index contributed by atoms with van der Waals surface area (Å²) in [6, 6.07) is 74.4. The number of para-hydroxylation sites is 2. The fourth-order valence-corrected chi connectivity index (χ4v) is 8.98. The first-order valence-electron chi connectivity index (χ1n) is 19.7. The van der Waals surface area contributed by atoms with E-state index in [-0.39, 0.29) is 0 Å². The van der Waals surface area contributed by atoms with Crippen molar-refractivity contribution in [2.24, 2.45) is 0 Å². The van der Waals surface area contributed by atoms with Crippen molar-refractivity contribution >= 4 is 60.4 Å². The summed E-state index contributed by atoms with van der Waals surface area (Å²) in [6.07, 6.45) is 0. The monoisotopic (exact) mass is 773 g/mol. The predicted molar refractivity (Wildman–Crippen MR) is 246 cm³/mol. The number of hydrogen-bond donors (Lipinski definition) is 0. The van der Waals surface area contributed by atoms with Gasteiger partial charge in [0.15, 0.2) is 0 Å². The van der Waals surface area contributed by atoms with Crippen LogP contribution >= 0.6 is 11.3 Å². The van der Waals surface area contributed by atoms with Crippen molar-refractivity contribution in [1.82, 2.24) is 19.5 Å². The van der Waals surface area contributed by atoms with Crippen molar-refractivity contribution < 1.29 is 0 Å². The summed E-state index contributed by atoms with van der Waals surface area (Å²) in [6.45, 7) is 0. The summed E-state index contributed by atoms with van der Waals surface area (Å²) in [5.74, 6) is 0.613. The Hall–Kier alpha value is -7.67. The smallest absolute Gasteiger partial charge is 0.235 e. The van der Waals surface area contributed by atoms with Gasteiger partial charge in [-0.2, -0.15) is 0 Å². The fourth-order valence-electron chi connectivity index (χ4n) is 7.99. The van der Waals surface area contributed by atoms with Gasteiger partial charge in [0.2, 0.25) is 5.95 Å². The summed E-state index contributed by atoms with van der Waals surface area (Å²) >= 11 is 1.72. The lowest BCUT2D eigenvalue weighted by Crippen LogP contribution is -2.09. The lowest BCUT2D eigenvalue weighted by atomic mass is 10.0. The molecule has 0 aliphatic rings. The Balaban J connectivity index is 1.10. The summed E-state index contributed by atoms with van der Waals surface area (Å²) < 4.78 is 3.35. The summed E-state index contributed by atoms with van der Waals surface area (Å²) in [5.41, 5.74) is 13.5. The second kappa shape index (κ2) is 14.7. The molecule has 0 fully saturated rings. The highest BCUT2D eigenvalue weighted by Gasteiger charge is 2.20. The van der Waals surface area contributed by atoms with Crippen LogP contribution in [0, 0.1) is 0 Å². The van der Waals surface area contributed by atoms with Gasteiger partial charge in [0.05, 0.1) is 32.6 Å². The van der Waals surface area contributed by atoms with Gasteiger partial charge in [-0.1, -0.05) is 146 Å². The van der Waals surface area contributed by atoms with Crippen LogP contribution < -0.4 is 4.90 Å². The van der Waals surface area contributed by atoms with Crippen LogP contribution in [0.4, 0.5) is 17.1 Å². The largest absolute Gasteiger partial charge is 0.311 e. The molecule has 0 unspecified atom stereocenters. The number of nitrogens with zero attached hydrogens (tertiary/aromatic N) is 5. The Morgan fingerprint density at radius 3 is 1.44 bits per heavy atom. The van der Waals surface area contributed by atoms with Gasteiger partial charge < -0.3 is 4.90 Å². The maximum Gasteiger partial charge on any atom is 0.235 e. The zero-order valence-electron chi connectivity index (χ0n) is 31.9. The van der Waals surface area contributed by atoms with E-state index >= 15 is 0 Å². The molecular formula is C53H35N5S. The molecule has 0 bridgehead atoms. The first-order chi connectivity index (χ1) is 29.2. The molecule has 0 N–H and O–H groups in total. The molecule has 0 radical (unpaired) electrons. The maximum atomic E-state index is 5.29. The van der Waals surface area contributed by atoms with Crippen LogP contribution in [0.25, 0.3) is 82.2 Å². The molecule has 0 aliphatic carbocycles. The van der Waals surface area contributed by atoms with E-state index in [2.05, 4.69) is 204 Å². The molecule has 6 heteroatoms. The van der Waals surface area contributed by atoms with Crippen LogP contribution in [0.3, 0.4) is 0 Å². The SMILES string of the molecule is c1ccc(-c2cc(-c3ccccc3)nc(-n3c4ccc(-c5ccc(N(c6ccccc6)c6ccccc6)cc5)cc4c4cc5sc(-c6ccccc6)nc5cc43)n2)cc1. The number of hydrogen-bond acceptors (Lipinski definition) is 5. The molecule has 0 atom stereocenters. The van der Waals surface area contributed by atoms with Crippen molar-refractivity contribution in [2.45, 2.75) is 0 Å². The molecule has 0 amide bonds. The minimum Gasteiger partial charge on any atom is -0.311 e. The lowest BCUT2D eigenvalue weighted by molar-refractivity contribution is 0.996. The number of anilines is 3. The van der Waals surface area contributed by atoms with Crippen LogP contribution in [0.2, 0.25) is 0 Å². The third-order valence-electron chi connectivity index (χ3n) is 10.8. The van der Waals surface area contributed by atoms with E-state index < -0.39 is 0 Å². The molecule has 11 rings (SSSR count). The quantitative estimate of drug-likeness (QED) is 0.154. The van der Waals surface area contributed by atoms with Gasteiger partial charge in [0.1, 0.15) is 5.01 Å².